The second kappa shape index (κ2) is 13.2. The zero-order valence-electron chi connectivity index (χ0n) is 26.6. The van der Waals surface area contributed by atoms with Crippen LogP contribution >= 0.6 is 0 Å². The van der Waals surface area contributed by atoms with Crippen LogP contribution in [0.15, 0.2) is 66.9 Å². The summed E-state index contributed by atoms with van der Waals surface area (Å²) in [7, 11) is 2.45. The molecule has 0 aliphatic heterocycles. The van der Waals surface area contributed by atoms with Crippen LogP contribution in [-0.2, 0) is 9.47 Å². The molecule has 1 aromatic heterocycles. The summed E-state index contributed by atoms with van der Waals surface area (Å²) in [6.07, 6.45) is 1.52. The Labute approximate surface area is 259 Å². The van der Waals surface area contributed by atoms with Crippen molar-refractivity contribution in [3.05, 3.63) is 117 Å². The third-order valence-electron chi connectivity index (χ3n) is 7.81. The van der Waals surface area contributed by atoms with Crippen LogP contribution in [0.25, 0.3) is 5.70 Å². The van der Waals surface area contributed by atoms with Crippen molar-refractivity contribution >= 4 is 46.4 Å². The van der Waals surface area contributed by atoms with Gasteiger partial charge in [-0.2, -0.15) is 0 Å². The van der Waals surface area contributed by atoms with Gasteiger partial charge in [0.15, 0.2) is 11.4 Å². The molecule has 0 aliphatic rings. The third-order valence-corrected chi connectivity index (χ3v) is 7.81. The summed E-state index contributed by atoms with van der Waals surface area (Å²) in [5, 5.41) is 1.23. The number of benzene rings is 3. The Balaban J connectivity index is 1.76. The molecule has 44 heavy (non-hydrogen) atoms. The molecule has 0 unspecified atom stereocenters. The molecule has 0 radical (unpaired) electrons. The van der Waals surface area contributed by atoms with Crippen molar-refractivity contribution < 1.29 is 19.1 Å². The molecule has 9 heteroatoms. The van der Waals surface area contributed by atoms with Crippen LogP contribution in [0, 0.1) is 41.5 Å². The van der Waals surface area contributed by atoms with Gasteiger partial charge in [0.1, 0.15) is 0 Å². The van der Waals surface area contributed by atoms with Crippen LogP contribution in [-0.4, -0.2) is 37.9 Å². The summed E-state index contributed by atoms with van der Waals surface area (Å²) >= 11 is 0. The molecule has 0 bridgehead atoms. The van der Waals surface area contributed by atoms with E-state index >= 15 is 0 Å². The van der Waals surface area contributed by atoms with E-state index in [9.17, 15) is 9.59 Å². The largest absolute Gasteiger partial charge is 0.464 e. The average molecular weight is 591 g/mol. The minimum Gasteiger partial charge on any atom is -0.464 e. The number of anilines is 1. The van der Waals surface area contributed by atoms with E-state index in [2.05, 4.69) is 82.9 Å². The minimum absolute atomic E-state index is 0.0340. The molecule has 4 N–H and O–H groups in total. The van der Waals surface area contributed by atoms with Crippen molar-refractivity contribution in [1.29, 1.82) is 0 Å². The first kappa shape index (κ1) is 32.0. The van der Waals surface area contributed by atoms with E-state index in [-0.39, 0.29) is 18.1 Å². The monoisotopic (exact) mass is 590 g/mol. The molecule has 3 aromatic carbocycles. The smallest absolute Gasteiger partial charge is 0.356 e. The number of carbonyl (C=O) groups is 2. The molecule has 4 aromatic rings. The normalized spacial score (nSPS) is 11.2. The zero-order valence-corrected chi connectivity index (χ0v) is 26.6. The van der Waals surface area contributed by atoms with E-state index in [0.717, 1.165) is 11.0 Å². The van der Waals surface area contributed by atoms with Crippen LogP contribution in [0.5, 0.6) is 0 Å². The lowest BCUT2D eigenvalue weighted by molar-refractivity contribution is 0.0586. The number of hydrogen-bond donors (Lipinski definition) is 2. The maximum atomic E-state index is 12.2. The predicted molar refractivity (Wildman–Crippen MR) is 178 cm³/mol. The first-order chi connectivity index (χ1) is 20.8. The van der Waals surface area contributed by atoms with E-state index in [1.165, 1.54) is 81.9 Å². The summed E-state index contributed by atoms with van der Waals surface area (Å²) in [5.74, 6) is 4.89. The number of carbonyl (C=O) groups excluding carboxylic acids is 2. The molecule has 0 aliphatic carbocycles. The highest BCUT2D eigenvalue weighted by Gasteiger charge is 2.28. The van der Waals surface area contributed by atoms with Crippen LogP contribution in [0.1, 0.15) is 59.9 Å². The Morgan fingerprint density at radius 1 is 0.727 bits per heavy atom. The van der Waals surface area contributed by atoms with Crippen LogP contribution < -0.4 is 33.0 Å². The SMILES string of the molecule is COC(=O)c1cc(N(N)/C=C(\N)c2ccc(B(c3c(C)cc(C)cc3C)c3c(C)cc(C)cc3C)cc2)cc(C(=O)OC)n1. The number of nitrogens with zero attached hydrogens (tertiary/aromatic N) is 2. The lowest BCUT2D eigenvalue weighted by Gasteiger charge is -2.25. The third kappa shape index (κ3) is 6.68. The minimum atomic E-state index is -0.717. The van der Waals surface area contributed by atoms with Crippen molar-refractivity contribution in [3.8, 4) is 0 Å². The van der Waals surface area contributed by atoms with Crippen molar-refractivity contribution in [3.63, 3.8) is 0 Å². The van der Waals surface area contributed by atoms with Gasteiger partial charge in [-0.25, -0.2) is 20.4 Å². The van der Waals surface area contributed by atoms with Gasteiger partial charge in [-0.15, -0.1) is 0 Å². The Bertz CT molecular complexity index is 1630. The first-order valence-electron chi connectivity index (χ1n) is 14.3. The molecular formula is C35H39BN4O4. The molecule has 8 nitrogen and oxygen atoms in total. The molecular weight excluding hydrogens is 551 g/mol. The van der Waals surface area contributed by atoms with Gasteiger partial charge in [0.05, 0.1) is 25.6 Å². The number of hydrazine groups is 1. The number of aryl methyl sites for hydroxylation is 6. The van der Waals surface area contributed by atoms with Gasteiger partial charge in [0.2, 0.25) is 6.71 Å². The number of hydrogen-bond acceptors (Lipinski definition) is 8. The Morgan fingerprint density at radius 2 is 1.14 bits per heavy atom. The number of pyridine rings is 1. The number of esters is 2. The van der Waals surface area contributed by atoms with E-state index in [4.69, 9.17) is 21.1 Å². The number of nitrogens with two attached hydrogens (primary N) is 2. The van der Waals surface area contributed by atoms with E-state index in [0.29, 0.717) is 11.4 Å². The summed E-state index contributed by atoms with van der Waals surface area (Å²) < 4.78 is 9.54. The molecule has 0 fully saturated rings. The highest BCUT2D eigenvalue weighted by molar-refractivity contribution is 6.96. The second-order valence-corrected chi connectivity index (χ2v) is 11.3. The van der Waals surface area contributed by atoms with Crippen molar-refractivity contribution in [2.75, 3.05) is 19.2 Å². The summed E-state index contributed by atoms with van der Waals surface area (Å²) in [4.78, 5) is 28.4. The number of rotatable bonds is 8. The lowest BCUT2D eigenvalue weighted by atomic mass is 9.34. The number of methoxy groups -OCH3 is 2. The van der Waals surface area contributed by atoms with Crippen molar-refractivity contribution in [2.45, 2.75) is 41.5 Å². The second-order valence-electron chi connectivity index (χ2n) is 11.3. The fraction of sp³-hybridized carbons (Fsp3) is 0.229. The first-order valence-corrected chi connectivity index (χ1v) is 14.3. The maximum absolute atomic E-state index is 12.2. The van der Waals surface area contributed by atoms with E-state index in [1.54, 1.807) is 0 Å². The molecule has 0 saturated carbocycles. The summed E-state index contributed by atoms with van der Waals surface area (Å²) in [6.45, 7) is 13.0. The lowest BCUT2D eigenvalue weighted by Crippen LogP contribution is -2.55. The fourth-order valence-corrected chi connectivity index (χ4v) is 6.02. The Morgan fingerprint density at radius 3 is 1.52 bits per heavy atom. The molecule has 0 saturated heterocycles. The average Bonchev–Trinajstić information content (AvgIpc) is 2.98. The highest BCUT2D eigenvalue weighted by atomic mass is 16.5. The summed E-state index contributed by atoms with van der Waals surface area (Å²) in [5.41, 5.74) is 19.0. The van der Waals surface area contributed by atoms with Gasteiger partial charge in [0.25, 0.3) is 0 Å². The Kier molecular flexibility index (Phi) is 9.60. The van der Waals surface area contributed by atoms with Gasteiger partial charge >= 0.3 is 11.9 Å². The number of ether oxygens (including phenoxy) is 2. The maximum Gasteiger partial charge on any atom is 0.356 e. The molecule has 0 atom stereocenters. The predicted octanol–water partition coefficient (Wildman–Crippen LogP) is 3.66. The zero-order chi connectivity index (χ0) is 32.3. The molecule has 4 rings (SSSR count). The molecule has 1 heterocycles. The van der Waals surface area contributed by atoms with Gasteiger partial charge < -0.3 is 15.2 Å². The van der Waals surface area contributed by atoms with Crippen LogP contribution in [0.3, 0.4) is 0 Å². The van der Waals surface area contributed by atoms with Crippen LogP contribution in [0.4, 0.5) is 5.69 Å². The van der Waals surface area contributed by atoms with Crippen molar-refractivity contribution in [1.82, 2.24) is 4.98 Å². The molecule has 0 spiro atoms. The highest BCUT2D eigenvalue weighted by Crippen LogP contribution is 2.19. The molecule has 0 amide bonds. The van der Waals surface area contributed by atoms with E-state index < -0.39 is 11.9 Å². The fourth-order valence-electron chi connectivity index (χ4n) is 6.02. The van der Waals surface area contributed by atoms with Gasteiger partial charge in [-0.3, -0.25) is 5.01 Å². The standard InChI is InChI=1S/C35H39BN4O4/c1-20-13-22(3)32(23(4)14-20)36(33-24(5)15-21(2)16-25(33)6)27-11-9-26(10-12-27)29(37)19-40(38)28-17-30(34(41)43-7)39-31(18-28)35(42)44-8/h9-19H,37-38H2,1-8H3/b29-19-. The van der Waals surface area contributed by atoms with Gasteiger partial charge in [-0.05, 0) is 59.2 Å². The van der Waals surface area contributed by atoms with Crippen LogP contribution in [0.2, 0.25) is 0 Å². The van der Waals surface area contributed by atoms with Gasteiger partial charge in [0, 0.05) is 6.20 Å². The van der Waals surface area contributed by atoms with E-state index in [1.807, 2.05) is 12.1 Å². The van der Waals surface area contributed by atoms with Gasteiger partial charge in [-0.1, -0.05) is 98.3 Å². The van der Waals surface area contributed by atoms with Crippen molar-refractivity contribution in [2.24, 2.45) is 11.6 Å². The topological polar surface area (TPSA) is 121 Å². The molecule has 226 valence electrons. The Hall–Kier alpha value is -4.89. The number of aromatic nitrogens is 1. The summed E-state index contributed by atoms with van der Waals surface area (Å²) in [6, 6.07) is 20.0. The quantitative estimate of drug-likeness (QED) is 0.138.